The minimum Gasteiger partial charge on any atom is -0.494 e. The molecule has 0 saturated carbocycles. The molecule has 8 heteroatoms. The molecule has 0 spiro atoms. The van der Waals surface area contributed by atoms with Crippen LogP contribution in [-0.2, 0) is 10.5 Å². The van der Waals surface area contributed by atoms with Gasteiger partial charge in [0, 0.05) is 17.9 Å². The third-order valence-corrected chi connectivity index (χ3v) is 7.05. The first-order chi connectivity index (χ1) is 16.0. The summed E-state index contributed by atoms with van der Waals surface area (Å²) in [6, 6.07) is 14.8. The van der Waals surface area contributed by atoms with Gasteiger partial charge in [0.25, 0.3) is 0 Å². The van der Waals surface area contributed by atoms with Gasteiger partial charge in [-0.05, 0) is 43.7 Å². The predicted octanol–water partition coefficient (Wildman–Crippen LogP) is 4.14. The molecule has 2 aromatic rings. The number of hydrogen-bond donors (Lipinski definition) is 1. The van der Waals surface area contributed by atoms with Crippen molar-refractivity contribution in [2.45, 2.75) is 31.9 Å². The van der Waals surface area contributed by atoms with Crippen molar-refractivity contribution < 1.29 is 24.1 Å². The zero-order chi connectivity index (χ0) is 23.6. The number of allylic oxidation sites excluding steroid dienone is 1. The molecule has 0 bridgehead atoms. The number of hydrogen-bond acceptors (Lipinski definition) is 7. The quantitative estimate of drug-likeness (QED) is 0.656. The zero-order valence-corrected chi connectivity index (χ0v) is 19.6. The largest absolute Gasteiger partial charge is 0.494 e. The molecule has 0 aliphatic carbocycles. The van der Waals surface area contributed by atoms with Crippen LogP contribution in [0.5, 0.6) is 17.2 Å². The highest BCUT2D eigenvalue weighted by Crippen LogP contribution is 2.52. The van der Waals surface area contributed by atoms with Crippen LogP contribution in [0.2, 0.25) is 0 Å². The molecule has 4 rings (SSSR count). The Morgan fingerprint density at radius 1 is 1.15 bits per heavy atom. The maximum absolute atomic E-state index is 13.3. The number of nitrogens with zero attached hydrogens (tertiary/aromatic N) is 2. The summed E-state index contributed by atoms with van der Waals surface area (Å²) in [5.74, 6) is 1.44. The molecule has 0 radical (unpaired) electrons. The average Bonchev–Trinajstić information content (AvgIpc) is 3.19. The van der Waals surface area contributed by atoms with Gasteiger partial charge in [-0.3, -0.25) is 9.69 Å². The summed E-state index contributed by atoms with van der Waals surface area (Å²) in [7, 11) is 1.57. The standard InChI is InChI=1S/C25H26N2O5S/c1-4-31-18-9-7-17(8-10-18)25(29)15-33-24-20(14-26)19(13-23(28)27(24)25)16-6-11-21(30-3)22(12-16)32-5-2/h6-12,19,29H,4-5,13,15H2,1-3H3/t19-,25-/m1/s1. The van der Waals surface area contributed by atoms with Crippen LogP contribution in [0.15, 0.2) is 53.1 Å². The number of rotatable bonds is 7. The van der Waals surface area contributed by atoms with E-state index >= 15 is 0 Å². The van der Waals surface area contributed by atoms with E-state index in [-0.39, 0.29) is 18.1 Å². The second kappa shape index (κ2) is 9.38. The van der Waals surface area contributed by atoms with E-state index < -0.39 is 11.6 Å². The summed E-state index contributed by atoms with van der Waals surface area (Å²) < 4.78 is 16.5. The van der Waals surface area contributed by atoms with Crippen LogP contribution in [-0.4, -0.2) is 42.0 Å². The van der Waals surface area contributed by atoms with E-state index in [2.05, 4.69) is 6.07 Å². The maximum atomic E-state index is 13.3. The fourth-order valence-electron chi connectivity index (χ4n) is 4.29. The SMILES string of the molecule is CCOc1ccc([C@]2(O)CSC3=C(C#N)[C@@H](c4ccc(OC)c(OCC)c4)CC(=O)N32)cc1. The monoisotopic (exact) mass is 466 g/mol. The Morgan fingerprint density at radius 3 is 2.52 bits per heavy atom. The first-order valence-corrected chi connectivity index (χ1v) is 11.8. The van der Waals surface area contributed by atoms with Crippen molar-refractivity contribution in [1.29, 1.82) is 5.26 Å². The lowest BCUT2D eigenvalue weighted by Gasteiger charge is -2.38. The molecule has 1 saturated heterocycles. The summed E-state index contributed by atoms with van der Waals surface area (Å²) in [6.07, 6.45) is 0.0736. The van der Waals surface area contributed by atoms with Gasteiger partial charge >= 0.3 is 0 Å². The number of methoxy groups -OCH3 is 1. The van der Waals surface area contributed by atoms with Crippen molar-refractivity contribution in [3.63, 3.8) is 0 Å². The number of aliphatic hydroxyl groups is 1. The van der Waals surface area contributed by atoms with Crippen LogP contribution in [0.25, 0.3) is 0 Å². The number of fused-ring (bicyclic) bond motifs is 1. The second-order valence-electron chi connectivity index (χ2n) is 7.72. The number of amides is 1. The van der Waals surface area contributed by atoms with Crippen LogP contribution >= 0.6 is 11.8 Å². The minimum absolute atomic E-state index is 0.0736. The van der Waals surface area contributed by atoms with Crippen molar-refractivity contribution in [2.24, 2.45) is 0 Å². The molecule has 1 fully saturated rings. The molecular formula is C25H26N2O5S. The maximum Gasteiger partial charge on any atom is 0.231 e. The fraction of sp³-hybridized carbons (Fsp3) is 0.360. The summed E-state index contributed by atoms with van der Waals surface area (Å²) in [4.78, 5) is 14.7. The zero-order valence-electron chi connectivity index (χ0n) is 18.8. The molecule has 2 aromatic carbocycles. The molecule has 2 heterocycles. The van der Waals surface area contributed by atoms with Gasteiger partial charge in [-0.1, -0.05) is 18.2 Å². The van der Waals surface area contributed by atoms with Crippen LogP contribution < -0.4 is 14.2 Å². The fourth-order valence-corrected chi connectivity index (χ4v) is 5.65. The van der Waals surface area contributed by atoms with Gasteiger partial charge in [-0.25, -0.2) is 0 Å². The molecule has 172 valence electrons. The second-order valence-corrected chi connectivity index (χ2v) is 8.69. The van der Waals surface area contributed by atoms with Gasteiger partial charge in [0.2, 0.25) is 5.91 Å². The molecule has 0 unspecified atom stereocenters. The molecule has 1 N–H and O–H groups in total. The molecule has 33 heavy (non-hydrogen) atoms. The van der Waals surface area contributed by atoms with E-state index in [9.17, 15) is 15.2 Å². The Bertz CT molecular complexity index is 1120. The lowest BCUT2D eigenvalue weighted by atomic mass is 9.85. The lowest BCUT2D eigenvalue weighted by molar-refractivity contribution is -0.149. The van der Waals surface area contributed by atoms with E-state index in [1.54, 1.807) is 37.4 Å². The van der Waals surface area contributed by atoms with E-state index in [0.29, 0.717) is 46.6 Å². The van der Waals surface area contributed by atoms with Crippen LogP contribution in [0, 0.1) is 11.3 Å². The summed E-state index contributed by atoms with van der Waals surface area (Å²) in [5, 5.41) is 22.1. The summed E-state index contributed by atoms with van der Waals surface area (Å²) >= 11 is 1.32. The Hall–Kier alpha value is -3.15. The predicted molar refractivity (Wildman–Crippen MR) is 125 cm³/mol. The molecular weight excluding hydrogens is 440 g/mol. The number of benzene rings is 2. The number of ether oxygens (including phenoxy) is 3. The Morgan fingerprint density at radius 2 is 1.88 bits per heavy atom. The van der Waals surface area contributed by atoms with Crippen molar-refractivity contribution >= 4 is 17.7 Å². The van der Waals surface area contributed by atoms with Crippen LogP contribution in [0.4, 0.5) is 0 Å². The minimum atomic E-state index is -1.52. The molecule has 7 nitrogen and oxygen atoms in total. The van der Waals surface area contributed by atoms with Gasteiger partial charge in [0.1, 0.15) is 5.75 Å². The smallest absolute Gasteiger partial charge is 0.231 e. The van der Waals surface area contributed by atoms with Gasteiger partial charge in [0.15, 0.2) is 17.2 Å². The highest BCUT2D eigenvalue weighted by Gasteiger charge is 2.51. The molecule has 0 aromatic heterocycles. The Kier molecular flexibility index (Phi) is 6.54. The van der Waals surface area contributed by atoms with E-state index in [4.69, 9.17) is 14.2 Å². The number of thioether (sulfide) groups is 1. The lowest BCUT2D eigenvalue weighted by Crippen LogP contribution is -2.48. The third kappa shape index (κ3) is 4.03. The van der Waals surface area contributed by atoms with E-state index in [1.807, 2.05) is 26.0 Å². The topological polar surface area (TPSA) is 92.0 Å². The van der Waals surface area contributed by atoms with Gasteiger partial charge in [-0.2, -0.15) is 5.26 Å². The molecule has 2 aliphatic rings. The first-order valence-electron chi connectivity index (χ1n) is 10.8. The van der Waals surface area contributed by atoms with Crippen molar-refractivity contribution in [1.82, 2.24) is 4.90 Å². The van der Waals surface area contributed by atoms with E-state index in [0.717, 1.165) is 5.56 Å². The first kappa shape index (κ1) is 23.0. The molecule has 2 aliphatic heterocycles. The average molecular weight is 467 g/mol. The van der Waals surface area contributed by atoms with Crippen molar-refractivity contribution in [3.05, 3.63) is 64.2 Å². The van der Waals surface area contributed by atoms with E-state index in [1.165, 1.54) is 16.7 Å². The Labute approximate surface area is 197 Å². The van der Waals surface area contributed by atoms with Crippen LogP contribution in [0.3, 0.4) is 0 Å². The highest BCUT2D eigenvalue weighted by molar-refractivity contribution is 8.03. The summed E-state index contributed by atoms with van der Waals surface area (Å²) in [5.41, 5.74) is 0.328. The highest BCUT2D eigenvalue weighted by atomic mass is 32.2. The third-order valence-electron chi connectivity index (χ3n) is 5.83. The van der Waals surface area contributed by atoms with Crippen LogP contribution in [0.1, 0.15) is 37.3 Å². The summed E-state index contributed by atoms with van der Waals surface area (Å²) in [6.45, 7) is 4.79. The van der Waals surface area contributed by atoms with Crippen molar-refractivity contribution in [2.75, 3.05) is 26.1 Å². The Balaban J connectivity index is 1.73. The number of carbonyl (C=O) groups excluding carboxylic acids is 1. The van der Waals surface area contributed by atoms with Gasteiger partial charge in [-0.15, -0.1) is 11.8 Å². The van der Waals surface area contributed by atoms with Crippen molar-refractivity contribution in [3.8, 4) is 23.3 Å². The number of carbonyl (C=O) groups is 1. The molecule has 1 amide bonds. The molecule has 2 atom stereocenters. The van der Waals surface area contributed by atoms with Gasteiger partial charge < -0.3 is 19.3 Å². The number of nitriles is 1. The normalized spacial score (nSPS) is 22.1. The van der Waals surface area contributed by atoms with Gasteiger partial charge in [0.05, 0.1) is 42.7 Å².